The number of thioether (sulfide) groups is 1. The van der Waals surface area contributed by atoms with Gasteiger partial charge in [0.15, 0.2) is 16.7 Å². The fourth-order valence-corrected chi connectivity index (χ4v) is 4.93. The lowest BCUT2D eigenvalue weighted by Gasteiger charge is -2.17. The Hall–Kier alpha value is -4.05. The first-order chi connectivity index (χ1) is 17.5. The Balaban J connectivity index is 1.36. The van der Waals surface area contributed by atoms with E-state index < -0.39 is 11.1 Å². The zero-order valence-corrected chi connectivity index (χ0v) is 20.1. The highest BCUT2D eigenvalue weighted by Gasteiger charge is 2.39. The number of amidine groups is 1. The van der Waals surface area contributed by atoms with E-state index >= 15 is 0 Å². The molecule has 1 fully saturated rings. The van der Waals surface area contributed by atoms with Crippen LogP contribution in [-0.2, 0) is 16.1 Å². The van der Waals surface area contributed by atoms with Gasteiger partial charge in [0.1, 0.15) is 16.8 Å². The summed E-state index contributed by atoms with van der Waals surface area (Å²) in [5.74, 6) is 1.01. The molecular weight excluding hydrogens is 485 g/mol. The lowest BCUT2D eigenvalue weighted by Crippen LogP contribution is -2.33. The van der Waals surface area contributed by atoms with Crippen molar-refractivity contribution in [3.63, 3.8) is 0 Å². The third-order valence-electron chi connectivity index (χ3n) is 5.59. The van der Waals surface area contributed by atoms with Crippen molar-refractivity contribution in [1.82, 2.24) is 4.90 Å². The number of methoxy groups -OCH3 is 1. The van der Waals surface area contributed by atoms with Gasteiger partial charge in [0.25, 0.3) is 0 Å². The van der Waals surface area contributed by atoms with Crippen LogP contribution in [0.2, 0.25) is 0 Å². The number of hydrogen-bond acceptors (Lipinski definition) is 7. The number of nitrogens with zero attached hydrogens (tertiary/aromatic N) is 2. The molecule has 1 saturated heterocycles. The van der Waals surface area contributed by atoms with E-state index in [4.69, 9.17) is 14.2 Å². The van der Waals surface area contributed by atoms with E-state index in [0.717, 1.165) is 5.56 Å². The fraction of sp³-hybridized carbons (Fsp3) is 0.192. The summed E-state index contributed by atoms with van der Waals surface area (Å²) in [4.78, 5) is 32.3. The number of carbonyl (C=O) groups is 2. The van der Waals surface area contributed by atoms with Gasteiger partial charge < -0.3 is 19.5 Å². The van der Waals surface area contributed by atoms with Crippen molar-refractivity contribution < 1.29 is 28.2 Å². The predicted octanol–water partition coefficient (Wildman–Crippen LogP) is 4.72. The van der Waals surface area contributed by atoms with Crippen LogP contribution >= 0.6 is 11.8 Å². The molecule has 3 aromatic carbocycles. The van der Waals surface area contributed by atoms with Crippen LogP contribution in [0.3, 0.4) is 0 Å². The Morgan fingerprint density at radius 2 is 1.86 bits per heavy atom. The SMILES string of the molecule is COc1ccc(N=C2S[C@H](CC(=O)Nc3ccc(F)cc3)C(=O)N2Cc2ccc3c(c2)OCO3)cc1. The number of rotatable bonds is 7. The minimum atomic E-state index is -0.656. The first-order valence-corrected chi connectivity index (χ1v) is 12.0. The largest absolute Gasteiger partial charge is 0.497 e. The molecule has 0 unspecified atom stereocenters. The summed E-state index contributed by atoms with van der Waals surface area (Å²) >= 11 is 1.24. The van der Waals surface area contributed by atoms with Gasteiger partial charge in [-0.15, -0.1) is 0 Å². The van der Waals surface area contributed by atoms with Gasteiger partial charge in [0, 0.05) is 12.1 Å². The summed E-state index contributed by atoms with van der Waals surface area (Å²) in [6, 6.07) is 18.1. The van der Waals surface area contributed by atoms with E-state index in [1.165, 1.54) is 36.0 Å². The Kier molecular flexibility index (Phi) is 6.77. The van der Waals surface area contributed by atoms with Crippen LogP contribution in [0.25, 0.3) is 0 Å². The number of ether oxygens (including phenoxy) is 3. The highest BCUT2D eigenvalue weighted by molar-refractivity contribution is 8.15. The monoisotopic (exact) mass is 507 g/mol. The van der Waals surface area contributed by atoms with E-state index in [0.29, 0.717) is 33.8 Å². The molecular formula is C26H22FN3O5S. The molecule has 5 rings (SSSR count). The Bertz CT molecular complexity index is 1310. The molecule has 2 heterocycles. The Labute approximate surface area is 211 Å². The Morgan fingerprint density at radius 3 is 2.61 bits per heavy atom. The van der Waals surface area contributed by atoms with Gasteiger partial charge >= 0.3 is 0 Å². The zero-order chi connectivity index (χ0) is 25.1. The van der Waals surface area contributed by atoms with Crippen LogP contribution in [-0.4, -0.2) is 41.0 Å². The minimum absolute atomic E-state index is 0.0554. The molecule has 36 heavy (non-hydrogen) atoms. The van der Waals surface area contributed by atoms with Crippen LogP contribution in [0.15, 0.2) is 71.7 Å². The molecule has 10 heteroatoms. The first-order valence-electron chi connectivity index (χ1n) is 11.1. The van der Waals surface area contributed by atoms with Crippen molar-refractivity contribution in [1.29, 1.82) is 0 Å². The number of aliphatic imine (C=N–C) groups is 1. The van der Waals surface area contributed by atoms with Crippen LogP contribution in [0.5, 0.6) is 17.2 Å². The molecule has 0 radical (unpaired) electrons. The molecule has 184 valence electrons. The summed E-state index contributed by atoms with van der Waals surface area (Å²) in [6.07, 6.45) is -0.0554. The standard InChI is InChI=1S/C26H22FN3O5S/c1-33-20-9-7-19(8-10-20)29-26-30(14-16-2-11-21-22(12-16)35-15-34-21)25(32)23(36-26)13-24(31)28-18-5-3-17(27)4-6-18/h2-12,23H,13-15H2,1H3,(H,28,31)/t23-/m1/s1. The van der Waals surface area contributed by atoms with Crippen molar-refractivity contribution in [2.24, 2.45) is 4.99 Å². The van der Waals surface area contributed by atoms with E-state index in [-0.39, 0.29) is 31.6 Å². The predicted molar refractivity (Wildman–Crippen MR) is 134 cm³/mol. The number of carbonyl (C=O) groups excluding carboxylic acids is 2. The minimum Gasteiger partial charge on any atom is -0.497 e. The van der Waals surface area contributed by atoms with E-state index in [9.17, 15) is 14.0 Å². The zero-order valence-electron chi connectivity index (χ0n) is 19.3. The van der Waals surface area contributed by atoms with E-state index in [2.05, 4.69) is 10.3 Å². The van der Waals surface area contributed by atoms with Crippen molar-refractivity contribution in [3.05, 3.63) is 78.1 Å². The van der Waals surface area contributed by atoms with Gasteiger partial charge in [0.2, 0.25) is 18.6 Å². The summed E-state index contributed by atoms with van der Waals surface area (Å²) in [6.45, 7) is 0.417. The number of benzene rings is 3. The van der Waals surface area contributed by atoms with Gasteiger partial charge in [-0.1, -0.05) is 17.8 Å². The molecule has 2 aliphatic rings. The van der Waals surface area contributed by atoms with Crippen LogP contribution in [0.4, 0.5) is 15.8 Å². The average Bonchev–Trinajstić information content (AvgIpc) is 3.46. The number of anilines is 1. The summed E-state index contributed by atoms with van der Waals surface area (Å²) in [5.41, 5.74) is 1.95. The van der Waals surface area contributed by atoms with Crippen molar-refractivity contribution in [3.8, 4) is 17.2 Å². The number of fused-ring (bicyclic) bond motifs is 1. The average molecular weight is 508 g/mol. The van der Waals surface area contributed by atoms with Crippen LogP contribution in [0, 0.1) is 5.82 Å². The highest BCUT2D eigenvalue weighted by Crippen LogP contribution is 2.36. The topological polar surface area (TPSA) is 89.5 Å². The van der Waals surface area contributed by atoms with Crippen LogP contribution in [0.1, 0.15) is 12.0 Å². The molecule has 3 aromatic rings. The molecule has 2 aliphatic heterocycles. The third-order valence-corrected chi connectivity index (χ3v) is 6.77. The molecule has 1 N–H and O–H groups in total. The van der Waals surface area contributed by atoms with Crippen LogP contribution < -0.4 is 19.5 Å². The normalized spacial score (nSPS) is 17.5. The second-order valence-corrected chi connectivity index (χ2v) is 9.24. The fourth-order valence-electron chi connectivity index (χ4n) is 3.77. The van der Waals surface area contributed by atoms with Gasteiger partial charge in [-0.05, 0) is 66.2 Å². The maximum atomic E-state index is 13.4. The van der Waals surface area contributed by atoms with Gasteiger partial charge in [-0.25, -0.2) is 9.38 Å². The third kappa shape index (κ3) is 5.28. The second-order valence-electron chi connectivity index (χ2n) is 8.07. The second kappa shape index (κ2) is 10.3. The van der Waals surface area contributed by atoms with E-state index in [1.54, 1.807) is 42.3 Å². The molecule has 0 aliphatic carbocycles. The summed E-state index contributed by atoms with van der Waals surface area (Å²) in [5, 5.41) is 2.54. The smallest absolute Gasteiger partial charge is 0.242 e. The van der Waals surface area contributed by atoms with Crippen molar-refractivity contribution in [2.45, 2.75) is 18.2 Å². The van der Waals surface area contributed by atoms with Crippen molar-refractivity contribution >= 4 is 40.1 Å². The molecule has 0 spiro atoms. The molecule has 2 amide bonds. The maximum absolute atomic E-state index is 13.4. The first kappa shape index (κ1) is 23.7. The maximum Gasteiger partial charge on any atom is 0.242 e. The molecule has 0 saturated carbocycles. The molecule has 0 bridgehead atoms. The highest BCUT2D eigenvalue weighted by atomic mass is 32.2. The number of nitrogens with one attached hydrogen (secondary N) is 1. The number of amides is 2. The van der Waals surface area contributed by atoms with Gasteiger partial charge in [-0.3, -0.25) is 14.5 Å². The van der Waals surface area contributed by atoms with Gasteiger partial charge in [0.05, 0.1) is 19.3 Å². The Morgan fingerprint density at radius 1 is 1.11 bits per heavy atom. The summed E-state index contributed by atoms with van der Waals surface area (Å²) in [7, 11) is 1.58. The lowest BCUT2D eigenvalue weighted by atomic mass is 10.1. The molecule has 1 atom stereocenters. The lowest BCUT2D eigenvalue weighted by molar-refractivity contribution is -0.128. The quantitative estimate of drug-likeness (QED) is 0.498. The molecule has 8 nitrogen and oxygen atoms in total. The summed E-state index contributed by atoms with van der Waals surface area (Å²) < 4.78 is 29.2. The molecule has 0 aromatic heterocycles. The van der Waals surface area contributed by atoms with Gasteiger partial charge in [-0.2, -0.15) is 0 Å². The number of hydrogen-bond donors (Lipinski definition) is 1. The van der Waals surface area contributed by atoms with E-state index in [1.807, 2.05) is 12.1 Å². The van der Waals surface area contributed by atoms with Crippen molar-refractivity contribution in [2.75, 3.05) is 19.2 Å². The number of halogens is 1.